The van der Waals surface area contributed by atoms with Gasteiger partial charge in [-0.3, -0.25) is 4.79 Å². The minimum Gasteiger partial charge on any atom is -0.367 e. The normalized spacial score (nSPS) is 13.5. The van der Waals surface area contributed by atoms with E-state index in [9.17, 15) is 10.1 Å². The quantitative estimate of drug-likeness (QED) is 0.265. The molecule has 2 heterocycles. The second kappa shape index (κ2) is 10.8. The predicted octanol–water partition coefficient (Wildman–Crippen LogP) is 6.76. The van der Waals surface area contributed by atoms with Crippen LogP contribution in [0.15, 0.2) is 83.5 Å². The van der Waals surface area contributed by atoms with Crippen LogP contribution in [0.25, 0.3) is 11.1 Å². The number of benzene rings is 3. The first kappa shape index (κ1) is 25.1. The third kappa shape index (κ3) is 5.16. The fourth-order valence-electron chi connectivity index (χ4n) is 4.98. The number of nitriles is 1. The maximum Gasteiger partial charge on any atom is 0.271 e. The van der Waals surface area contributed by atoms with E-state index in [1.807, 2.05) is 78.6 Å². The van der Waals surface area contributed by atoms with Crippen molar-refractivity contribution in [3.05, 3.63) is 111 Å². The van der Waals surface area contributed by atoms with Crippen LogP contribution in [0.1, 0.15) is 27.2 Å². The summed E-state index contributed by atoms with van der Waals surface area (Å²) < 4.78 is 3.08. The van der Waals surface area contributed by atoms with Crippen LogP contribution in [-0.2, 0) is 6.54 Å². The van der Waals surface area contributed by atoms with E-state index in [0.717, 1.165) is 32.4 Å². The molecule has 3 aromatic carbocycles. The molecule has 7 heteroatoms. The molecule has 0 saturated carbocycles. The first-order valence-electron chi connectivity index (χ1n) is 12.2. The molecule has 1 aliphatic heterocycles. The third-order valence-corrected chi connectivity index (χ3v) is 7.86. The lowest BCUT2D eigenvalue weighted by Gasteiger charge is -2.36. The van der Waals surface area contributed by atoms with Crippen molar-refractivity contribution in [2.45, 2.75) is 13.5 Å². The average molecular weight is 574 g/mol. The molecular formula is C30H26BrClN4O. The van der Waals surface area contributed by atoms with E-state index in [1.54, 1.807) is 0 Å². The maximum atomic E-state index is 14.1. The molecule has 1 aromatic heterocycles. The number of piperazine rings is 1. The molecule has 5 nitrogen and oxygen atoms in total. The van der Waals surface area contributed by atoms with Gasteiger partial charge in [0, 0.05) is 54.0 Å². The van der Waals surface area contributed by atoms with Crippen molar-refractivity contribution in [3.63, 3.8) is 0 Å². The lowest BCUT2D eigenvalue weighted by molar-refractivity contribution is 0.0737. The summed E-state index contributed by atoms with van der Waals surface area (Å²) in [4.78, 5) is 18.2. The second-order valence-corrected chi connectivity index (χ2v) is 10.5. The second-order valence-electron chi connectivity index (χ2n) is 9.17. The number of carbonyl (C=O) groups excluding carboxylic acids is 1. The standard InChI is InChI=1S/C30H26BrClN4O/c1-21-19-36(20-24-7-2-4-8-26(24)31)29(28(21)22-10-12-25(32)13-11-22)30(37)35-16-14-34(15-17-35)27-9-5-3-6-23(27)18-33/h2-13,19H,14-17,20H2,1H3. The van der Waals surface area contributed by atoms with Crippen LogP contribution < -0.4 is 4.90 Å². The first-order valence-corrected chi connectivity index (χ1v) is 13.4. The largest absolute Gasteiger partial charge is 0.367 e. The lowest BCUT2D eigenvalue weighted by Crippen LogP contribution is -2.49. The minimum absolute atomic E-state index is 0.0123. The highest BCUT2D eigenvalue weighted by Gasteiger charge is 2.29. The molecule has 0 atom stereocenters. The Morgan fingerprint density at radius 3 is 2.35 bits per heavy atom. The van der Waals surface area contributed by atoms with E-state index in [-0.39, 0.29) is 5.91 Å². The molecule has 0 aliphatic carbocycles. The van der Waals surface area contributed by atoms with Crippen molar-refractivity contribution in [3.8, 4) is 17.2 Å². The van der Waals surface area contributed by atoms with Crippen molar-refractivity contribution in [2.24, 2.45) is 0 Å². The smallest absolute Gasteiger partial charge is 0.271 e. The highest BCUT2D eigenvalue weighted by Crippen LogP contribution is 2.33. The Hall–Kier alpha value is -3.53. The summed E-state index contributed by atoms with van der Waals surface area (Å²) in [7, 11) is 0. The van der Waals surface area contributed by atoms with Crippen LogP contribution in [0.5, 0.6) is 0 Å². The number of anilines is 1. The monoisotopic (exact) mass is 572 g/mol. The van der Waals surface area contributed by atoms with Gasteiger partial charge in [0.1, 0.15) is 11.8 Å². The number of rotatable bonds is 5. The van der Waals surface area contributed by atoms with Gasteiger partial charge in [0.2, 0.25) is 0 Å². The van der Waals surface area contributed by atoms with Crippen LogP contribution in [-0.4, -0.2) is 41.6 Å². The van der Waals surface area contributed by atoms with Gasteiger partial charge in [-0.15, -0.1) is 0 Å². The van der Waals surface area contributed by atoms with Crippen molar-refractivity contribution in [2.75, 3.05) is 31.1 Å². The summed E-state index contributed by atoms with van der Waals surface area (Å²) in [5.41, 5.74) is 6.31. The molecule has 0 N–H and O–H groups in total. The van der Waals surface area contributed by atoms with Gasteiger partial charge in [0.25, 0.3) is 5.91 Å². The Morgan fingerprint density at radius 1 is 0.973 bits per heavy atom. The third-order valence-electron chi connectivity index (χ3n) is 6.83. The molecule has 1 saturated heterocycles. The molecule has 1 amide bonds. The molecule has 37 heavy (non-hydrogen) atoms. The van der Waals surface area contributed by atoms with Crippen LogP contribution in [0.3, 0.4) is 0 Å². The Kier molecular flexibility index (Phi) is 7.36. The summed E-state index contributed by atoms with van der Waals surface area (Å²) in [6, 6.07) is 25.7. The Balaban J connectivity index is 1.48. The zero-order chi connectivity index (χ0) is 25.9. The Morgan fingerprint density at radius 2 is 1.65 bits per heavy atom. The summed E-state index contributed by atoms with van der Waals surface area (Å²) >= 11 is 9.83. The summed E-state index contributed by atoms with van der Waals surface area (Å²) in [6.07, 6.45) is 2.07. The van der Waals surface area contributed by atoms with E-state index in [4.69, 9.17) is 11.6 Å². The molecule has 186 valence electrons. The van der Waals surface area contributed by atoms with Gasteiger partial charge in [0.15, 0.2) is 0 Å². The highest BCUT2D eigenvalue weighted by molar-refractivity contribution is 9.10. The molecule has 1 aliphatic rings. The average Bonchev–Trinajstić information content (AvgIpc) is 3.25. The highest BCUT2D eigenvalue weighted by atomic mass is 79.9. The maximum absolute atomic E-state index is 14.1. The molecule has 0 bridgehead atoms. The van der Waals surface area contributed by atoms with Crippen LogP contribution >= 0.6 is 27.5 Å². The minimum atomic E-state index is 0.0123. The first-order chi connectivity index (χ1) is 18.0. The number of aryl methyl sites for hydroxylation is 1. The van der Waals surface area contributed by atoms with Crippen molar-refractivity contribution in [1.29, 1.82) is 5.26 Å². The zero-order valence-electron chi connectivity index (χ0n) is 20.5. The number of para-hydroxylation sites is 1. The van der Waals surface area contributed by atoms with Crippen molar-refractivity contribution >= 4 is 39.1 Å². The predicted molar refractivity (Wildman–Crippen MR) is 152 cm³/mol. The number of nitrogens with zero attached hydrogens (tertiary/aromatic N) is 4. The van der Waals surface area contributed by atoms with E-state index in [2.05, 4.69) is 43.7 Å². The molecule has 5 rings (SSSR count). The zero-order valence-corrected chi connectivity index (χ0v) is 22.8. The van der Waals surface area contributed by atoms with Crippen molar-refractivity contribution in [1.82, 2.24) is 9.47 Å². The number of amides is 1. The summed E-state index contributed by atoms with van der Waals surface area (Å²) in [6.45, 7) is 5.13. The van der Waals surface area contributed by atoms with Crippen LogP contribution in [0, 0.1) is 18.3 Å². The summed E-state index contributed by atoms with van der Waals surface area (Å²) in [5.74, 6) is 0.0123. The van der Waals surface area contributed by atoms with Crippen molar-refractivity contribution < 1.29 is 4.79 Å². The topological polar surface area (TPSA) is 52.3 Å². The molecule has 0 spiro atoms. The van der Waals surface area contributed by atoms with E-state index >= 15 is 0 Å². The number of aromatic nitrogens is 1. The lowest BCUT2D eigenvalue weighted by atomic mass is 10.0. The van der Waals surface area contributed by atoms with Crippen LogP contribution in [0.2, 0.25) is 5.02 Å². The van der Waals surface area contributed by atoms with E-state index in [1.165, 1.54) is 0 Å². The Bertz CT molecular complexity index is 1480. The number of hydrogen-bond acceptors (Lipinski definition) is 3. The number of hydrogen-bond donors (Lipinski definition) is 0. The van der Waals surface area contributed by atoms with Gasteiger partial charge in [0.05, 0.1) is 11.3 Å². The SMILES string of the molecule is Cc1cn(Cc2ccccc2Br)c(C(=O)N2CCN(c3ccccc3C#N)CC2)c1-c1ccc(Cl)cc1. The molecule has 0 radical (unpaired) electrons. The number of halogens is 2. The number of carbonyl (C=O) groups is 1. The molecular weight excluding hydrogens is 548 g/mol. The van der Waals surface area contributed by atoms with Gasteiger partial charge < -0.3 is 14.4 Å². The van der Waals surface area contributed by atoms with Gasteiger partial charge in [-0.1, -0.05) is 70.0 Å². The fraction of sp³-hybridized carbons (Fsp3) is 0.200. The van der Waals surface area contributed by atoms with E-state index < -0.39 is 0 Å². The Labute approximate surface area is 230 Å². The molecule has 0 unspecified atom stereocenters. The molecule has 4 aromatic rings. The molecule has 1 fully saturated rings. The van der Waals surface area contributed by atoms with Gasteiger partial charge >= 0.3 is 0 Å². The van der Waals surface area contributed by atoms with Crippen LogP contribution in [0.4, 0.5) is 5.69 Å². The van der Waals surface area contributed by atoms with Gasteiger partial charge in [-0.25, -0.2) is 0 Å². The van der Waals surface area contributed by atoms with Gasteiger partial charge in [-0.05, 0) is 53.9 Å². The van der Waals surface area contributed by atoms with E-state index in [0.29, 0.717) is 49.0 Å². The summed E-state index contributed by atoms with van der Waals surface area (Å²) in [5, 5.41) is 10.2. The fourth-order valence-corrected chi connectivity index (χ4v) is 5.52. The van der Waals surface area contributed by atoms with Gasteiger partial charge in [-0.2, -0.15) is 5.26 Å².